The summed E-state index contributed by atoms with van der Waals surface area (Å²) in [5, 5.41) is 6.01. The van der Waals surface area contributed by atoms with Crippen LogP contribution in [0.15, 0.2) is 30.3 Å². The van der Waals surface area contributed by atoms with Crippen LogP contribution in [0.1, 0.15) is 43.0 Å². The Morgan fingerprint density at radius 1 is 1.25 bits per heavy atom. The van der Waals surface area contributed by atoms with Crippen molar-refractivity contribution in [2.24, 2.45) is 5.92 Å². The molecule has 1 saturated carbocycles. The minimum absolute atomic E-state index is 0.0122. The normalized spacial score (nSPS) is 27.1. The van der Waals surface area contributed by atoms with E-state index in [9.17, 15) is 9.59 Å². The number of hydrogen-bond acceptors (Lipinski definition) is 4. The van der Waals surface area contributed by atoms with Gasteiger partial charge >= 0.3 is 0 Å². The molecule has 4 unspecified atom stereocenters. The largest absolute Gasteiger partial charge is 0.353 e. The Kier molecular flexibility index (Phi) is 5.48. The molecule has 0 radical (unpaired) electrons. The Hall–Kier alpha value is -1.92. The van der Waals surface area contributed by atoms with Gasteiger partial charge in [-0.05, 0) is 44.2 Å². The van der Waals surface area contributed by atoms with E-state index in [-0.39, 0.29) is 23.9 Å². The zero-order chi connectivity index (χ0) is 16.9. The summed E-state index contributed by atoms with van der Waals surface area (Å²) in [6, 6.07) is 9.67. The molecule has 3 rings (SSSR count). The summed E-state index contributed by atoms with van der Waals surface area (Å²) in [6.07, 6.45) is 3.41. The van der Waals surface area contributed by atoms with Crippen molar-refractivity contribution in [2.75, 3.05) is 6.54 Å². The van der Waals surface area contributed by atoms with E-state index in [1.807, 2.05) is 25.1 Å². The van der Waals surface area contributed by atoms with Crippen LogP contribution in [0.3, 0.4) is 0 Å². The van der Waals surface area contributed by atoms with E-state index in [2.05, 4.69) is 21.5 Å². The molecule has 2 fully saturated rings. The Bertz CT molecular complexity index is 578. The van der Waals surface area contributed by atoms with Crippen LogP contribution >= 0.6 is 0 Å². The number of fused-ring (bicyclic) bond motifs is 1. The summed E-state index contributed by atoms with van der Waals surface area (Å²) in [5.74, 6) is 0.469. The summed E-state index contributed by atoms with van der Waals surface area (Å²) < 4.78 is 0. The molecule has 1 aliphatic carbocycles. The monoisotopic (exact) mass is 330 g/mol. The lowest BCUT2D eigenvalue weighted by atomic mass is 9.83. The molecular formula is C18H26N4O2. The molecule has 0 spiro atoms. The molecule has 4 N–H and O–H groups in total. The highest BCUT2D eigenvalue weighted by Crippen LogP contribution is 2.26. The fourth-order valence-electron chi connectivity index (χ4n) is 3.64. The van der Waals surface area contributed by atoms with Gasteiger partial charge in [0.2, 0.25) is 5.91 Å². The van der Waals surface area contributed by atoms with Gasteiger partial charge in [-0.3, -0.25) is 20.4 Å². The Morgan fingerprint density at radius 2 is 2.04 bits per heavy atom. The van der Waals surface area contributed by atoms with E-state index in [1.165, 1.54) is 0 Å². The first kappa shape index (κ1) is 16.9. The molecule has 1 aliphatic heterocycles. The van der Waals surface area contributed by atoms with Crippen LogP contribution in [0.5, 0.6) is 0 Å². The SMILES string of the molecule is CC(CC(=O)NC1CCC2NNCC2C1)NC(=O)c1ccccc1. The number of nitrogens with one attached hydrogen (secondary N) is 4. The van der Waals surface area contributed by atoms with E-state index in [0.717, 1.165) is 25.8 Å². The van der Waals surface area contributed by atoms with E-state index in [4.69, 9.17) is 0 Å². The lowest BCUT2D eigenvalue weighted by Gasteiger charge is -2.31. The second-order valence-electron chi connectivity index (χ2n) is 6.91. The number of carbonyl (C=O) groups is 2. The zero-order valence-electron chi connectivity index (χ0n) is 14.0. The van der Waals surface area contributed by atoms with Crippen LogP contribution in [0.2, 0.25) is 0 Å². The number of carbonyl (C=O) groups excluding carboxylic acids is 2. The first-order valence-corrected chi connectivity index (χ1v) is 8.75. The van der Waals surface area contributed by atoms with Gasteiger partial charge in [0.25, 0.3) is 5.91 Å². The van der Waals surface area contributed by atoms with Crippen LogP contribution in [0.25, 0.3) is 0 Å². The predicted molar refractivity (Wildman–Crippen MR) is 92.2 cm³/mol. The van der Waals surface area contributed by atoms with E-state index >= 15 is 0 Å². The Labute approximate surface area is 142 Å². The number of amides is 2. The summed E-state index contributed by atoms with van der Waals surface area (Å²) in [7, 11) is 0. The fourth-order valence-corrected chi connectivity index (χ4v) is 3.64. The van der Waals surface area contributed by atoms with Gasteiger partial charge in [-0.1, -0.05) is 18.2 Å². The molecule has 0 aromatic heterocycles. The molecule has 2 amide bonds. The van der Waals surface area contributed by atoms with Crippen LogP contribution in [-0.2, 0) is 4.79 Å². The van der Waals surface area contributed by atoms with Gasteiger partial charge in [0.05, 0.1) is 0 Å². The van der Waals surface area contributed by atoms with Crippen molar-refractivity contribution in [3.05, 3.63) is 35.9 Å². The first-order chi connectivity index (χ1) is 11.6. The second-order valence-corrected chi connectivity index (χ2v) is 6.91. The third-order valence-corrected chi connectivity index (χ3v) is 4.90. The highest BCUT2D eigenvalue weighted by Gasteiger charge is 2.34. The molecule has 1 aromatic carbocycles. The van der Waals surface area contributed by atoms with E-state index < -0.39 is 0 Å². The highest BCUT2D eigenvalue weighted by molar-refractivity contribution is 5.94. The maximum atomic E-state index is 12.2. The fraction of sp³-hybridized carbons (Fsp3) is 0.556. The molecule has 0 bridgehead atoms. The summed E-state index contributed by atoms with van der Waals surface area (Å²) in [6.45, 7) is 2.84. The predicted octanol–water partition coefficient (Wildman–Crippen LogP) is 0.956. The van der Waals surface area contributed by atoms with Gasteiger partial charge in [-0.2, -0.15) is 0 Å². The lowest BCUT2D eigenvalue weighted by molar-refractivity contribution is -0.122. The van der Waals surface area contributed by atoms with Crippen molar-refractivity contribution >= 4 is 11.8 Å². The highest BCUT2D eigenvalue weighted by atomic mass is 16.2. The van der Waals surface area contributed by atoms with Gasteiger partial charge in [0, 0.05) is 36.7 Å². The molecule has 1 saturated heterocycles. The maximum absolute atomic E-state index is 12.2. The third-order valence-electron chi connectivity index (χ3n) is 4.90. The molecule has 4 atom stereocenters. The topological polar surface area (TPSA) is 82.3 Å². The number of hydrogen-bond donors (Lipinski definition) is 4. The average Bonchev–Trinajstić information content (AvgIpc) is 3.03. The van der Waals surface area contributed by atoms with Crippen LogP contribution < -0.4 is 21.5 Å². The number of hydrazine groups is 1. The van der Waals surface area contributed by atoms with Gasteiger partial charge in [-0.25, -0.2) is 0 Å². The maximum Gasteiger partial charge on any atom is 0.251 e. The van der Waals surface area contributed by atoms with Crippen LogP contribution in [0, 0.1) is 5.92 Å². The van der Waals surface area contributed by atoms with Crippen molar-refractivity contribution in [3.63, 3.8) is 0 Å². The standard InChI is InChI=1S/C18H26N4O2/c1-12(20-18(24)13-5-3-2-4-6-13)9-17(23)21-15-7-8-16-14(10-15)11-19-22-16/h2-6,12,14-16,19,22H,7-11H2,1H3,(H,20,24)(H,21,23). The van der Waals surface area contributed by atoms with Crippen molar-refractivity contribution in [3.8, 4) is 0 Å². The van der Waals surface area contributed by atoms with E-state index in [0.29, 0.717) is 23.9 Å². The quantitative estimate of drug-likeness (QED) is 0.648. The van der Waals surface area contributed by atoms with Crippen LogP contribution in [0.4, 0.5) is 0 Å². The van der Waals surface area contributed by atoms with Crippen molar-refractivity contribution < 1.29 is 9.59 Å². The third kappa shape index (κ3) is 4.33. The van der Waals surface area contributed by atoms with E-state index in [1.54, 1.807) is 12.1 Å². The molecule has 1 heterocycles. The molecule has 24 heavy (non-hydrogen) atoms. The Balaban J connectivity index is 1.42. The molecule has 130 valence electrons. The van der Waals surface area contributed by atoms with Crippen molar-refractivity contribution in [1.82, 2.24) is 21.5 Å². The minimum Gasteiger partial charge on any atom is -0.353 e. The smallest absolute Gasteiger partial charge is 0.251 e. The molecular weight excluding hydrogens is 304 g/mol. The number of benzene rings is 1. The average molecular weight is 330 g/mol. The molecule has 2 aliphatic rings. The second kappa shape index (κ2) is 7.77. The van der Waals surface area contributed by atoms with Gasteiger partial charge in [0.1, 0.15) is 0 Å². The van der Waals surface area contributed by atoms with Crippen LogP contribution in [-0.4, -0.2) is 36.5 Å². The number of rotatable bonds is 5. The lowest BCUT2D eigenvalue weighted by Crippen LogP contribution is -2.45. The summed E-state index contributed by atoms with van der Waals surface area (Å²) >= 11 is 0. The zero-order valence-corrected chi connectivity index (χ0v) is 14.0. The van der Waals surface area contributed by atoms with Gasteiger partial charge < -0.3 is 10.6 Å². The molecule has 6 heteroatoms. The van der Waals surface area contributed by atoms with Crippen molar-refractivity contribution in [2.45, 2.75) is 50.7 Å². The summed E-state index contributed by atoms with van der Waals surface area (Å²) in [5.41, 5.74) is 7.10. The Morgan fingerprint density at radius 3 is 2.83 bits per heavy atom. The summed E-state index contributed by atoms with van der Waals surface area (Å²) in [4.78, 5) is 24.3. The van der Waals surface area contributed by atoms with Gasteiger partial charge in [0.15, 0.2) is 0 Å². The first-order valence-electron chi connectivity index (χ1n) is 8.75. The minimum atomic E-state index is -0.191. The van der Waals surface area contributed by atoms with Crippen molar-refractivity contribution in [1.29, 1.82) is 0 Å². The molecule has 1 aromatic rings. The molecule has 6 nitrogen and oxygen atoms in total. The van der Waals surface area contributed by atoms with Gasteiger partial charge in [-0.15, -0.1) is 0 Å².